The summed E-state index contributed by atoms with van der Waals surface area (Å²) in [7, 11) is 0. The summed E-state index contributed by atoms with van der Waals surface area (Å²) in [6, 6.07) is 20.0. The van der Waals surface area contributed by atoms with E-state index in [4.69, 9.17) is 11.6 Å². The Morgan fingerprint density at radius 1 is 1.04 bits per heavy atom. The quantitative estimate of drug-likeness (QED) is 0.470. The van der Waals surface area contributed by atoms with E-state index < -0.39 is 0 Å². The molecular weight excluding hydrogens is 336 g/mol. The lowest BCUT2D eigenvalue weighted by Gasteiger charge is -2.06. The maximum atomic E-state index is 12.5. The second kappa shape index (κ2) is 7.33. The van der Waals surface area contributed by atoms with Gasteiger partial charge in [0.05, 0.1) is 4.88 Å². The molecule has 3 heteroatoms. The third kappa shape index (κ3) is 3.95. The van der Waals surface area contributed by atoms with E-state index >= 15 is 0 Å². The number of halogens is 1. The SMILES string of the molecule is CC(C)c1cccc(-c2ccc(C(=O)Cc3ccc(Cl)cc3)s2)c1. The molecule has 1 heterocycles. The Bertz CT molecular complexity index is 846. The van der Waals surface area contributed by atoms with Crippen molar-refractivity contribution in [2.24, 2.45) is 0 Å². The molecule has 3 rings (SSSR count). The van der Waals surface area contributed by atoms with Crippen LogP contribution in [0.5, 0.6) is 0 Å². The van der Waals surface area contributed by atoms with E-state index in [0.717, 1.165) is 15.3 Å². The lowest BCUT2D eigenvalue weighted by Crippen LogP contribution is -2.00. The van der Waals surface area contributed by atoms with E-state index in [-0.39, 0.29) is 5.78 Å². The van der Waals surface area contributed by atoms with E-state index in [2.05, 4.69) is 38.1 Å². The Balaban J connectivity index is 1.78. The summed E-state index contributed by atoms with van der Waals surface area (Å²) in [5, 5.41) is 0.689. The molecule has 0 atom stereocenters. The number of rotatable bonds is 5. The summed E-state index contributed by atoms with van der Waals surface area (Å²) in [5.74, 6) is 0.643. The lowest BCUT2D eigenvalue weighted by molar-refractivity contribution is 0.0997. The van der Waals surface area contributed by atoms with Gasteiger partial charge in [-0.3, -0.25) is 4.79 Å². The molecule has 24 heavy (non-hydrogen) atoms. The van der Waals surface area contributed by atoms with Crippen molar-refractivity contribution in [2.45, 2.75) is 26.2 Å². The molecule has 0 aliphatic carbocycles. The average molecular weight is 355 g/mol. The molecule has 3 aromatic rings. The van der Waals surface area contributed by atoms with Crippen molar-refractivity contribution in [2.75, 3.05) is 0 Å². The van der Waals surface area contributed by atoms with Gasteiger partial charge in [0, 0.05) is 16.3 Å². The second-order valence-corrected chi connectivity index (χ2v) is 7.69. The summed E-state index contributed by atoms with van der Waals surface area (Å²) < 4.78 is 0. The van der Waals surface area contributed by atoms with Gasteiger partial charge >= 0.3 is 0 Å². The predicted molar refractivity (Wildman–Crippen MR) is 103 cm³/mol. The molecule has 0 unspecified atom stereocenters. The minimum absolute atomic E-state index is 0.147. The fourth-order valence-corrected chi connectivity index (χ4v) is 3.63. The molecule has 0 radical (unpaired) electrons. The zero-order valence-corrected chi connectivity index (χ0v) is 15.3. The molecule has 0 N–H and O–H groups in total. The Labute approximate surface area is 151 Å². The molecule has 0 saturated carbocycles. The van der Waals surface area contributed by atoms with Gasteiger partial charge in [0.2, 0.25) is 0 Å². The standard InChI is InChI=1S/C21H19ClOS/c1-14(2)16-4-3-5-17(13-16)20-10-11-21(24-20)19(23)12-15-6-8-18(22)9-7-15/h3-11,13-14H,12H2,1-2H3. The normalized spacial score (nSPS) is 11.0. The van der Waals surface area contributed by atoms with Crippen LogP contribution in [0.3, 0.4) is 0 Å². The molecule has 0 fully saturated rings. The molecule has 0 bridgehead atoms. The van der Waals surface area contributed by atoms with Crippen molar-refractivity contribution in [3.63, 3.8) is 0 Å². The Hall–Kier alpha value is -1.90. The van der Waals surface area contributed by atoms with Crippen LogP contribution < -0.4 is 0 Å². The van der Waals surface area contributed by atoms with E-state index in [1.165, 1.54) is 11.1 Å². The molecule has 122 valence electrons. The number of thiophene rings is 1. The molecular formula is C21H19ClOS. The van der Waals surface area contributed by atoms with Crippen LogP contribution in [0, 0.1) is 0 Å². The molecule has 0 saturated heterocycles. The van der Waals surface area contributed by atoms with Crippen molar-refractivity contribution < 1.29 is 4.79 Å². The van der Waals surface area contributed by atoms with Crippen LogP contribution in [0.1, 0.15) is 40.6 Å². The highest BCUT2D eigenvalue weighted by molar-refractivity contribution is 7.17. The third-order valence-corrected chi connectivity index (χ3v) is 5.42. The molecule has 0 aliphatic rings. The van der Waals surface area contributed by atoms with Crippen molar-refractivity contribution in [1.29, 1.82) is 0 Å². The third-order valence-electron chi connectivity index (χ3n) is 4.00. The summed E-state index contributed by atoms with van der Waals surface area (Å²) in [6.07, 6.45) is 0.406. The number of carbonyl (C=O) groups is 1. The topological polar surface area (TPSA) is 17.1 Å². The highest BCUT2D eigenvalue weighted by Gasteiger charge is 2.12. The first-order valence-electron chi connectivity index (χ1n) is 8.01. The predicted octanol–water partition coefficient (Wildman–Crippen LogP) is 6.62. The van der Waals surface area contributed by atoms with Gasteiger partial charge in [-0.15, -0.1) is 11.3 Å². The monoisotopic (exact) mass is 354 g/mol. The Morgan fingerprint density at radius 3 is 2.50 bits per heavy atom. The van der Waals surface area contributed by atoms with Gasteiger partial charge in [-0.05, 0) is 46.9 Å². The van der Waals surface area contributed by atoms with Crippen LogP contribution >= 0.6 is 22.9 Å². The largest absolute Gasteiger partial charge is 0.293 e. The zero-order valence-electron chi connectivity index (χ0n) is 13.8. The van der Waals surface area contributed by atoms with Crippen LogP contribution in [-0.4, -0.2) is 5.78 Å². The zero-order chi connectivity index (χ0) is 17.1. The van der Waals surface area contributed by atoms with Crippen molar-refractivity contribution in [1.82, 2.24) is 0 Å². The van der Waals surface area contributed by atoms with Gasteiger partial charge in [0.1, 0.15) is 0 Å². The average Bonchev–Trinajstić information content (AvgIpc) is 3.07. The van der Waals surface area contributed by atoms with Crippen LogP contribution in [0.4, 0.5) is 0 Å². The second-order valence-electron chi connectivity index (χ2n) is 6.17. The fourth-order valence-electron chi connectivity index (χ4n) is 2.57. The van der Waals surface area contributed by atoms with Crippen LogP contribution in [0.25, 0.3) is 10.4 Å². The number of carbonyl (C=O) groups excluding carboxylic acids is 1. The molecule has 1 aromatic heterocycles. The van der Waals surface area contributed by atoms with Crippen molar-refractivity contribution >= 4 is 28.7 Å². The molecule has 0 amide bonds. The van der Waals surface area contributed by atoms with Crippen LogP contribution in [0.15, 0.2) is 60.7 Å². The Morgan fingerprint density at radius 2 is 1.79 bits per heavy atom. The highest BCUT2D eigenvalue weighted by atomic mass is 35.5. The van der Waals surface area contributed by atoms with E-state index in [9.17, 15) is 4.79 Å². The minimum atomic E-state index is 0.147. The van der Waals surface area contributed by atoms with Crippen molar-refractivity contribution in [3.8, 4) is 10.4 Å². The van der Waals surface area contributed by atoms with Gasteiger partial charge in [-0.25, -0.2) is 0 Å². The first-order chi connectivity index (χ1) is 11.5. The highest BCUT2D eigenvalue weighted by Crippen LogP contribution is 2.31. The van der Waals surface area contributed by atoms with Gasteiger partial charge < -0.3 is 0 Å². The van der Waals surface area contributed by atoms with Gasteiger partial charge in [-0.2, -0.15) is 0 Å². The number of hydrogen-bond acceptors (Lipinski definition) is 2. The van der Waals surface area contributed by atoms with Crippen LogP contribution in [0.2, 0.25) is 5.02 Å². The summed E-state index contributed by atoms with van der Waals surface area (Å²) in [6.45, 7) is 4.38. The number of ketones is 1. The van der Waals surface area contributed by atoms with Gasteiger partial charge in [0.25, 0.3) is 0 Å². The number of hydrogen-bond donors (Lipinski definition) is 0. The van der Waals surface area contributed by atoms with Crippen molar-refractivity contribution in [3.05, 3.63) is 81.7 Å². The molecule has 0 aliphatic heterocycles. The lowest BCUT2D eigenvalue weighted by atomic mass is 10.0. The van der Waals surface area contributed by atoms with E-state index in [1.807, 2.05) is 36.4 Å². The fraction of sp³-hybridized carbons (Fsp3) is 0.190. The molecule has 0 spiro atoms. The smallest absolute Gasteiger partial charge is 0.177 e. The number of benzene rings is 2. The Kier molecular flexibility index (Phi) is 5.17. The summed E-state index contributed by atoms with van der Waals surface area (Å²) >= 11 is 7.45. The maximum Gasteiger partial charge on any atom is 0.177 e. The summed E-state index contributed by atoms with van der Waals surface area (Å²) in [4.78, 5) is 14.4. The maximum absolute atomic E-state index is 12.5. The van der Waals surface area contributed by atoms with Gasteiger partial charge in [-0.1, -0.05) is 61.8 Å². The van der Waals surface area contributed by atoms with E-state index in [0.29, 0.717) is 17.4 Å². The molecule has 1 nitrogen and oxygen atoms in total. The minimum Gasteiger partial charge on any atom is -0.293 e. The van der Waals surface area contributed by atoms with Gasteiger partial charge in [0.15, 0.2) is 5.78 Å². The first-order valence-corrected chi connectivity index (χ1v) is 9.20. The van der Waals surface area contributed by atoms with E-state index in [1.54, 1.807) is 11.3 Å². The van der Waals surface area contributed by atoms with Crippen LogP contribution in [-0.2, 0) is 6.42 Å². The molecule has 2 aromatic carbocycles. The number of Topliss-reactive ketones (excluding diaryl/α,β-unsaturated/α-hetero) is 1. The first kappa shape index (κ1) is 16.9. The summed E-state index contributed by atoms with van der Waals surface area (Å²) in [5.41, 5.74) is 3.48.